The number of nitrogens with one attached hydrogen (secondary N) is 3. The van der Waals surface area contributed by atoms with Gasteiger partial charge in [0.1, 0.15) is 11.6 Å². The molecule has 0 radical (unpaired) electrons. The largest absolute Gasteiger partial charge is 0.468 e. The van der Waals surface area contributed by atoms with Gasteiger partial charge in [0.2, 0.25) is 5.91 Å². The van der Waals surface area contributed by atoms with E-state index in [1.165, 1.54) is 12.1 Å². The summed E-state index contributed by atoms with van der Waals surface area (Å²) in [6.45, 7) is 6.23. The highest BCUT2D eigenvalue weighted by molar-refractivity contribution is 5.83. The van der Waals surface area contributed by atoms with Crippen molar-refractivity contribution in [2.45, 2.75) is 26.4 Å². The zero-order valence-electron chi connectivity index (χ0n) is 16.2. The second kappa shape index (κ2) is 11.1. The van der Waals surface area contributed by atoms with Gasteiger partial charge in [-0.25, -0.2) is 9.18 Å². The van der Waals surface area contributed by atoms with Gasteiger partial charge in [0.15, 0.2) is 0 Å². The Morgan fingerprint density at radius 1 is 1.07 bits per heavy atom. The van der Waals surface area contributed by atoms with Crippen LogP contribution in [0.5, 0.6) is 0 Å². The van der Waals surface area contributed by atoms with E-state index in [-0.39, 0.29) is 30.9 Å². The summed E-state index contributed by atoms with van der Waals surface area (Å²) in [5, 5.41) is 7.96. The summed E-state index contributed by atoms with van der Waals surface area (Å²) >= 11 is 0. The highest BCUT2D eigenvalue weighted by Crippen LogP contribution is 2.20. The number of nitrogens with zero attached hydrogens (tertiary/aromatic N) is 1. The third-order valence-corrected chi connectivity index (χ3v) is 4.39. The van der Waals surface area contributed by atoms with Crippen LogP contribution in [0.2, 0.25) is 0 Å². The minimum Gasteiger partial charge on any atom is -0.468 e. The lowest BCUT2D eigenvalue weighted by atomic mass is 10.2. The van der Waals surface area contributed by atoms with Gasteiger partial charge >= 0.3 is 6.03 Å². The molecule has 8 heteroatoms. The smallest absolute Gasteiger partial charge is 0.315 e. The Morgan fingerprint density at radius 3 is 2.39 bits per heavy atom. The van der Waals surface area contributed by atoms with Crippen molar-refractivity contribution >= 4 is 11.9 Å². The van der Waals surface area contributed by atoms with Crippen LogP contribution in [0.1, 0.15) is 31.2 Å². The summed E-state index contributed by atoms with van der Waals surface area (Å²) in [7, 11) is 0. The average Bonchev–Trinajstić information content (AvgIpc) is 3.23. The fraction of sp³-hybridized carbons (Fsp3) is 0.400. The lowest BCUT2D eigenvalue weighted by Gasteiger charge is -2.28. The molecule has 1 aromatic heterocycles. The third kappa shape index (κ3) is 6.70. The van der Waals surface area contributed by atoms with Gasteiger partial charge in [-0.15, -0.1) is 0 Å². The normalized spacial score (nSPS) is 11.9. The molecule has 3 N–H and O–H groups in total. The van der Waals surface area contributed by atoms with Crippen molar-refractivity contribution in [3.8, 4) is 0 Å². The highest BCUT2D eigenvalue weighted by Gasteiger charge is 2.21. The summed E-state index contributed by atoms with van der Waals surface area (Å²) in [5.41, 5.74) is 0.765. The molecule has 0 aliphatic carbocycles. The lowest BCUT2D eigenvalue weighted by molar-refractivity contribution is -0.120. The van der Waals surface area contributed by atoms with Crippen molar-refractivity contribution < 1.29 is 18.4 Å². The molecule has 0 bridgehead atoms. The van der Waals surface area contributed by atoms with E-state index in [1.54, 1.807) is 18.4 Å². The molecule has 152 valence electrons. The van der Waals surface area contributed by atoms with E-state index in [4.69, 9.17) is 4.42 Å². The van der Waals surface area contributed by atoms with Gasteiger partial charge in [0, 0.05) is 13.1 Å². The standard InChI is InChI=1S/C20H27FN4O3/c1-3-25(4-2)17(18-6-5-11-28-18)13-22-19(26)14-24-20(27)23-12-15-7-9-16(21)10-8-15/h5-11,17H,3-4,12-14H2,1-2H3,(H,22,26)(H2,23,24,27). The van der Waals surface area contributed by atoms with E-state index in [0.29, 0.717) is 6.54 Å². The lowest BCUT2D eigenvalue weighted by Crippen LogP contribution is -2.44. The summed E-state index contributed by atoms with van der Waals surface area (Å²) in [6.07, 6.45) is 1.61. The summed E-state index contributed by atoms with van der Waals surface area (Å²) in [5.74, 6) is 0.164. The molecule has 2 rings (SSSR count). The van der Waals surface area contributed by atoms with Crippen molar-refractivity contribution in [1.29, 1.82) is 0 Å². The Balaban J connectivity index is 1.74. The van der Waals surface area contributed by atoms with Crippen molar-refractivity contribution in [2.24, 2.45) is 0 Å². The molecule has 2 aromatic rings. The van der Waals surface area contributed by atoms with Gasteiger partial charge in [-0.1, -0.05) is 26.0 Å². The maximum absolute atomic E-state index is 12.9. The number of rotatable bonds is 10. The first-order chi connectivity index (χ1) is 13.5. The summed E-state index contributed by atoms with van der Waals surface area (Å²) in [6, 6.07) is 9.00. The molecule has 28 heavy (non-hydrogen) atoms. The number of urea groups is 1. The van der Waals surface area contributed by atoms with Gasteiger partial charge in [0.25, 0.3) is 0 Å². The monoisotopic (exact) mass is 390 g/mol. The van der Waals surface area contributed by atoms with E-state index in [1.807, 2.05) is 26.0 Å². The minimum absolute atomic E-state index is 0.0683. The van der Waals surface area contributed by atoms with Crippen LogP contribution in [0.15, 0.2) is 47.1 Å². The Labute approximate surface area is 164 Å². The molecule has 0 saturated carbocycles. The minimum atomic E-state index is -0.467. The molecule has 1 aromatic carbocycles. The van der Waals surface area contributed by atoms with Crippen LogP contribution in [0.4, 0.5) is 9.18 Å². The number of likely N-dealkylation sites (N-methyl/N-ethyl adjacent to an activating group) is 1. The van der Waals surface area contributed by atoms with E-state index in [0.717, 1.165) is 24.4 Å². The SMILES string of the molecule is CCN(CC)C(CNC(=O)CNC(=O)NCc1ccc(F)cc1)c1ccco1. The molecule has 3 amide bonds. The zero-order chi connectivity index (χ0) is 20.4. The first kappa shape index (κ1) is 21.4. The molecule has 0 spiro atoms. The van der Waals surface area contributed by atoms with Crippen LogP contribution in [0, 0.1) is 5.82 Å². The number of hydrogen-bond acceptors (Lipinski definition) is 4. The summed E-state index contributed by atoms with van der Waals surface area (Å²) < 4.78 is 18.4. The number of benzene rings is 1. The van der Waals surface area contributed by atoms with E-state index < -0.39 is 6.03 Å². The number of carbonyl (C=O) groups is 2. The Hall–Kier alpha value is -2.87. The molecule has 0 saturated heterocycles. The molecular formula is C20H27FN4O3. The van der Waals surface area contributed by atoms with Crippen molar-refractivity contribution in [1.82, 2.24) is 20.9 Å². The van der Waals surface area contributed by atoms with Crippen LogP contribution < -0.4 is 16.0 Å². The van der Waals surface area contributed by atoms with Gasteiger partial charge < -0.3 is 20.4 Å². The number of hydrogen-bond donors (Lipinski definition) is 3. The van der Waals surface area contributed by atoms with E-state index >= 15 is 0 Å². The molecule has 1 atom stereocenters. The van der Waals surface area contributed by atoms with Crippen molar-refractivity contribution in [2.75, 3.05) is 26.2 Å². The average molecular weight is 390 g/mol. The molecule has 1 unspecified atom stereocenters. The second-order valence-corrected chi connectivity index (χ2v) is 6.22. The Bertz CT molecular complexity index is 730. The van der Waals surface area contributed by atoms with Crippen molar-refractivity contribution in [3.05, 3.63) is 59.8 Å². The number of amides is 3. The molecule has 1 heterocycles. The van der Waals surface area contributed by atoms with Crippen molar-refractivity contribution in [3.63, 3.8) is 0 Å². The van der Waals surface area contributed by atoms with Crippen LogP contribution in [-0.2, 0) is 11.3 Å². The predicted molar refractivity (Wildman–Crippen MR) is 104 cm³/mol. The number of halogens is 1. The molecule has 7 nitrogen and oxygen atoms in total. The predicted octanol–water partition coefficient (Wildman–Crippen LogP) is 2.42. The highest BCUT2D eigenvalue weighted by atomic mass is 19.1. The number of carbonyl (C=O) groups excluding carboxylic acids is 2. The molecule has 0 aliphatic heterocycles. The third-order valence-electron chi connectivity index (χ3n) is 4.39. The maximum atomic E-state index is 12.9. The molecular weight excluding hydrogens is 363 g/mol. The molecule has 0 aliphatic rings. The zero-order valence-corrected chi connectivity index (χ0v) is 16.2. The van der Waals surface area contributed by atoms with E-state index in [2.05, 4.69) is 20.9 Å². The van der Waals surface area contributed by atoms with Crippen LogP contribution >= 0.6 is 0 Å². The topological polar surface area (TPSA) is 86.6 Å². The van der Waals surface area contributed by atoms with Gasteiger partial charge in [0.05, 0.1) is 18.8 Å². The van der Waals surface area contributed by atoms with Gasteiger partial charge in [-0.2, -0.15) is 0 Å². The Kier molecular flexibility index (Phi) is 8.48. The quantitative estimate of drug-likeness (QED) is 0.582. The maximum Gasteiger partial charge on any atom is 0.315 e. The first-order valence-electron chi connectivity index (χ1n) is 9.33. The first-order valence-corrected chi connectivity index (χ1v) is 9.33. The van der Waals surface area contributed by atoms with Crippen LogP contribution in [-0.4, -0.2) is 43.0 Å². The number of furan rings is 1. The Morgan fingerprint density at radius 2 is 1.79 bits per heavy atom. The fourth-order valence-corrected chi connectivity index (χ4v) is 2.84. The van der Waals surface area contributed by atoms with Gasteiger partial charge in [-0.05, 0) is 42.9 Å². The van der Waals surface area contributed by atoms with Crippen LogP contribution in [0.25, 0.3) is 0 Å². The molecule has 0 fully saturated rings. The van der Waals surface area contributed by atoms with E-state index in [9.17, 15) is 14.0 Å². The van der Waals surface area contributed by atoms with Crippen LogP contribution in [0.3, 0.4) is 0 Å². The summed E-state index contributed by atoms with van der Waals surface area (Å²) in [4.78, 5) is 26.1. The van der Waals surface area contributed by atoms with Gasteiger partial charge in [-0.3, -0.25) is 9.69 Å². The fourth-order valence-electron chi connectivity index (χ4n) is 2.84. The second-order valence-electron chi connectivity index (χ2n) is 6.22.